The number of hydrogen-bond donors (Lipinski definition) is 0. The van der Waals surface area contributed by atoms with E-state index in [9.17, 15) is 4.79 Å². The maximum absolute atomic E-state index is 12.1. The molecule has 0 bridgehead atoms. The first-order chi connectivity index (χ1) is 8.35. The van der Waals surface area contributed by atoms with Crippen molar-refractivity contribution in [1.29, 1.82) is 0 Å². The zero-order valence-corrected chi connectivity index (χ0v) is 13.5. The standard InChI is InChI=1S/C17H34O/c1-7-12-17(6,16(18)8-2)13-15(5)11-9-10-14(3)4/h14-15H,7-13H2,1-6H3. The van der Waals surface area contributed by atoms with Crippen LogP contribution < -0.4 is 0 Å². The lowest BCUT2D eigenvalue weighted by Crippen LogP contribution is -2.29. The van der Waals surface area contributed by atoms with E-state index in [1.54, 1.807) is 0 Å². The molecule has 0 saturated heterocycles. The van der Waals surface area contributed by atoms with Gasteiger partial charge in [-0.1, -0.05) is 67.2 Å². The normalized spacial score (nSPS) is 16.6. The van der Waals surface area contributed by atoms with Gasteiger partial charge >= 0.3 is 0 Å². The number of hydrogen-bond acceptors (Lipinski definition) is 1. The number of carbonyl (C=O) groups excluding carboxylic acids is 1. The predicted molar refractivity (Wildman–Crippen MR) is 80.8 cm³/mol. The van der Waals surface area contributed by atoms with Gasteiger partial charge in [-0.25, -0.2) is 0 Å². The van der Waals surface area contributed by atoms with Crippen LogP contribution in [0.4, 0.5) is 0 Å². The van der Waals surface area contributed by atoms with Crippen molar-refractivity contribution in [2.24, 2.45) is 17.3 Å². The molecular formula is C17H34O. The summed E-state index contributed by atoms with van der Waals surface area (Å²) < 4.78 is 0. The minimum Gasteiger partial charge on any atom is -0.299 e. The molecule has 2 unspecified atom stereocenters. The molecular weight excluding hydrogens is 220 g/mol. The van der Waals surface area contributed by atoms with Crippen LogP contribution in [0.2, 0.25) is 0 Å². The van der Waals surface area contributed by atoms with Gasteiger partial charge in [0.05, 0.1) is 0 Å². The first kappa shape index (κ1) is 17.7. The van der Waals surface area contributed by atoms with Gasteiger partial charge < -0.3 is 0 Å². The van der Waals surface area contributed by atoms with Crippen LogP contribution in [-0.4, -0.2) is 5.78 Å². The van der Waals surface area contributed by atoms with Crippen LogP contribution in [0.15, 0.2) is 0 Å². The molecule has 0 aromatic carbocycles. The van der Waals surface area contributed by atoms with Crippen LogP contribution in [0.25, 0.3) is 0 Å². The fraction of sp³-hybridized carbons (Fsp3) is 0.941. The van der Waals surface area contributed by atoms with Gasteiger partial charge in [0.1, 0.15) is 5.78 Å². The van der Waals surface area contributed by atoms with E-state index in [2.05, 4.69) is 34.6 Å². The van der Waals surface area contributed by atoms with Crippen molar-refractivity contribution in [3.8, 4) is 0 Å². The van der Waals surface area contributed by atoms with E-state index >= 15 is 0 Å². The molecule has 0 spiro atoms. The first-order valence-electron chi connectivity index (χ1n) is 7.89. The number of ketones is 1. The molecule has 0 saturated carbocycles. The Morgan fingerprint density at radius 1 is 1.11 bits per heavy atom. The van der Waals surface area contributed by atoms with E-state index in [0.29, 0.717) is 18.1 Å². The summed E-state index contributed by atoms with van der Waals surface area (Å²) in [6.07, 6.45) is 7.82. The lowest BCUT2D eigenvalue weighted by molar-refractivity contribution is -0.129. The second-order valence-electron chi connectivity index (χ2n) is 6.72. The highest BCUT2D eigenvalue weighted by molar-refractivity contribution is 5.84. The zero-order chi connectivity index (χ0) is 14.2. The van der Waals surface area contributed by atoms with Gasteiger partial charge in [0.25, 0.3) is 0 Å². The van der Waals surface area contributed by atoms with E-state index in [1.165, 1.54) is 19.3 Å². The van der Waals surface area contributed by atoms with Gasteiger partial charge in [0, 0.05) is 11.8 Å². The largest absolute Gasteiger partial charge is 0.299 e. The Kier molecular flexibility index (Phi) is 8.56. The topological polar surface area (TPSA) is 17.1 Å². The lowest BCUT2D eigenvalue weighted by atomic mass is 9.73. The SMILES string of the molecule is CCCC(C)(CC(C)CCCC(C)C)C(=O)CC. The summed E-state index contributed by atoms with van der Waals surface area (Å²) in [6, 6.07) is 0. The summed E-state index contributed by atoms with van der Waals surface area (Å²) >= 11 is 0. The van der Waals surface area contributed by atoms with Crippen molar-refractivity contribution in [2.75, 3.05) is 0 Å². The second-order valence-corrected chi connectivity index (χ2v) is 6.72. The molecule has 0 amide bonds. The Bertz CT molecular complexity index is 232. The van der Waals surface area contributed by atoms with E-state index < -0.39 is 0 Å². The van der Waals surface area contributed by atoms with Crippen molar-refractivity contribution >= 4 is 5.78 Å². The van der Waals surface area contributed by atoms with Gasteiger partial charge in [-0.15, -0.1) is 0 Å². The minimum atomic E-state index is -0.0687. The van der Waals surface area contributed by atoms with Crippen molar-refractivity contribution in [3.63, 3.8) is 0 Å². The monoisotopic (exact) mass is 254 g/mol. The van der Waals surface area contributed by atoms with Gasteiger partial charge in [0.15, 0.2) is 0 Å². The van der Waals surface area contributed by atoms with Gasteiger partial charge in [0.2, 0.25) is 0 Å². The first-order valence-corrected chi connectivity index (χ1v) is 7.89. The maximum Gasteiger partial charge on any atom is 0.138 e. The van der Waals surface area contributed by atoms with Crippen molar-refractivity contribution in [1.82, 2.24) is 0 Å². The van der Waals surface area contributed by atoms with E-state index in [1.807, 2.05) is 6.92 Å². The molecule has 108 valence electrons. The summed E-state index contributed by atoms with van der Waals surface area (Å²) in [4.78, 5) is 12.1. The quantitative estimate of drug-likeness (QED) is 0.494. The molecule has 0 aliphatic rings. The molecule has 0 radical (unpaired) electrons. The van der Waals surface area contributed by atoms with Crippen LogP contribution in [0.3, 0.4) is 0 Å². The molecule has 0 aliphatic carbocycles. The fourth-order valence-corrected chi connectivity index (χ4v) is 3.08. The van der Waals surface area contributed by atoms with Crippen LogP contribution >= 0.6 is 0 Å². The highest BCUT2D eigenvalue weighted by Gasteiger charge is 2.31. The Balaban J connectivity index is 4.27. The minimum absolute atomic E-state index is 0.0687. The zero-order valence-electron chi connectivity index (χ0n) is 13.5. The molecule has 1 heteroatoms. The van der Waals surface area contributed by atoms with Crippen molar-refractivity contribution in [2.45, 2.75) is 86.5 Å². The summed E-state index contributed by atoms with van der Waals surface area (Å²) in [6.45, 7) is 13.3. The summed E-state index contributed by atoms with van der Waals surface area (Å²) in [5.74, 6) is 1.94. The van der Waals surface area contributed by atoms with Gasteiger partial charge in [-0.2, -0.15) is 0 Å². The molecule has 0 aliphatic heterocycles. The van der Waals surface area contributed by atoms with Crippen LogP contribution in [-0.2, 0) is 4.79 Å². The Morgan fingerprint density at radius 3 is 2.17 bits per heavy atom. The Hall–Kier alpha value is -0.330. The third-order valence-electron chi connectivity index (χ3n) is 4.07. The summed E-state index contributed by atoms with van der Waals surface area (Å²) in [5, 5.41) is 0. The molecule has 0 fully saturated rings. The molecule has 0 heterocycles. The van der Waals surface area contributed by atoms with E-state index in [-0.39, 0.29) is 5.41 Å². The summed E-state index contributed by atoms with van der Waals surface area (Å²) in [5.41, 5.74) is -0.0687. The molecule has 1 nitrogen and oxygen atoms in total. The molecule has 0 N–H and O–H groups in total. The number of carbonyl (C=O) groups is 1. The number of Topliss-reactive ketones (excluding diaryl/α,β-unsaturated/α-hetero) is 1. The molecule has 18 heavy (non-hydrogen) atoms. The Labute approximate surface area is 115 Å². The van der Waals surface area contributed by atoms with Gasteiger partial charge in [-0.05, 0) is 24.7 Å². The third kappa shape index (κ3) is 6.56. The predicted octanol–water partition coefficient (Wildman–Crippen LogP) is 5.62. The lowest BCUT2D eigenvalue weighted by Gasteiger charge is -2.30. The Morgan fingerprint density at radius 2 is 1.72 bits per heavy atom. The molecule has 0 aromatic heterocycles. The molecule has 2 atom stereocenters. The van der Waals surface area contributed by atoms with Crippen molar-refractivity contribution in [3.05, 3.63) is 0 Å². The van der Waals surface area contributed by atoms with Gasteiger partial charge in [-0.3, -0.25) is 4.79 Å². The second kappa shape index (κ2) is 8.72. The average Bonchev–Trinajstić information content (AvgIpc) is 2.27. The van der Waals surface area contributed by atoms with E-state index in [4.69, 9.17) is 0 Å². The fourth-order valence-electron chi connectivity index (χ4n) is 3.08. The van der Waals surface area contributed by atoms with E-state index in [0.717, 1.165) is 25.2 Å². The van der Waals surface area contributed by atoms with Crippen LogP contribution in [0.5, 0.6) is 0 Å². The maximum atomic E-state index is 12.1. The van der Waals surface area contributed by atoms with Crippen LogP contribution in [0.1, 0.15) is 86.5 Å². The van der Waals surface area contributed by atoms with Crippen LogP contribution in [0, 0.1) is 17.3 Å². The summed E-state index contributed by atoms with van der Waals surface area (Å²) in [7, 11) is 0. The molecule has 0 rings (SSSR count). The van der Waals surface area contributed by atoms with Crippen molar-refractivity contribution < 1.29 is 4.79 Å². The smallest absolute Gasteiger partial charge is 0.138 e. The highest BCUT2D eigenvalue weighted by Crippen LogP contribution is 2.35. The third-order valence-corrected chi connectivity index (χ3v) is 4.07. The average molecular weight is 254 g/mol. The number of rotatable bonds is 10. The molecule has 0 aromatic rings. The highest BCUT2D eigenvalue weighted by atomic mass is 16.1.